The summed E-state index contributed by atoms with van der Waals surface area (Å²) in [5.41, 5.74) is 6.78. The predicted octanol–water partition coefficient (Wildman–Crippen LogP) is 1.35. The molecule has 0 aliphatic carbocycles. The monoisotopic (exact) mass is 243 g/mol. The lowest BCUT2D eigenvalue weighted by atomic mass is 9.91. The number of azide groups is 1. The van der Waals surface area contributed by atoms with Crippen LogP contribution in [0.1, 0.15) is 33.6 Å². The van der Waals surface area contributed by atoms with Crippen LogP contribution in [0.4, 0.5) is 0 Å². The number of carbonyl (C=O) groups excluding carboxylic acids is 2. The number of nitrogens with zero attached hydrogens (tertiary/aromatic N) is 3. The Hall–Kier alpha value is -1.59. The summed E-state index contributed by atoms with van der Waals surface area (Å²) in [5.74, 6) is -1.07. The third-order valence-corrected chi connectivity index (χ3v) is 2.33. The van der Waals surface area contributed by atoms with Gasteiger partial charge in [0.05, 0.1) is 18.2 Å². The second-order valence-electron chi connectivity index (χ2n) is 3.94. The molecule has 1 N–H and O–H groups in total. The maximum Gasteiger partial charge on any atom is 0.313 e. The Balaban J connectivity index is 4.36. The largest absolute Gasteiger partial charge is 0.466 e. The first-order valence-electron chi connectivity index (χ1n) is 5.27. The van der Waals surface area contributed by atoms with Gasteiger partial charge >= 0.3 is 5.97 Å². The van der Waals surface area contributed by atoms with Crippen molar-refractivity contribution in [3.63, 3.8) is 0 Å². The molecule has 17 heavy (non-hydrogen) atoms. The molecule has 0 aliphatic heterocycles. The van der Waals surface area contributed by atoms with Crippen molar-refractivity contribution < 1.29 is 19.4 Å². The van der Waals surface area contributed by atoms with Crippen molar-refractivity contribution in [1.82, 2.24) is 0 Å². The van der Waals surface area contributed by atoms with Gasteiger partial charge in [-0.05, 0) is 19.4 Å². The number of hydrogen-bond acceptors (Lipinski definition) is 5. The van der Waals surface area contributed by atoms with Crippen LogP contribution >= 0.6 is 0 Å². The molecule has 7 nitrogen and oxygen atoms in total. The first kappa shape index (κ1) is 15.4. The molecule has 0 rings (SSSR count). The van der Waals surface area contributed by atoms with E-state index in [9.17, 15) is 14.7 Å². The number of rotatable bonds is 7. The number of ether oxygens (including phenoxy) is 1. The van der Waals surface area contributed by atoms with Crippen LogP contribution in [-0.2, 0) is 14.3 Å². The molecule has 0 aromatic heterocycles. The lowest BCUT2D eigenvalue weighted by molar-refractivity contribution is -0.146. The third-order valence-electron chi connectivity index (χ3n) is 2.33. The molecule has 0 heterocycles. The van der Waals surface area contributed by atoms with Gasteiger partial charge in [0.15, 0.2) is 0 Å². The highest BCUT2D eigenvalue weighted by Crippen LogP contribution is 2.19. The van der Waals surface area contributed by atoms with Crippen molar-refractivity contribution in [3.8, 4) is 0 Å². The Morgan fingerprint density at radius 2 is 2.18 bits per heavy atom. The van der Waals surface area contributed by atoms with Gasteiger partial charge in [-0.2, -0.15) is 0 Å². The predicted molar refractivity (Wildman–Crippen MR) is 60.1 cm³/mol. The van der Waals surface area contributed by atoms with Gasteiger partial charge in [-0.3, -0.25) is 9.59 Å². The first-order valence-corrected chi connectivity index (χ1v) is 5.27. The SMILES string of the molecule is CCOC(=O)CC(=O)CC(C)(O)C(C)N=[N+]=[N-]. The van der Waals surface area contributed by atoms with E-state index in [1.807, 2.05) is 0 Å². The van der Waals surface area contributed by atoms with Gasteiger partial charge in [0.1, 0.15) is 12.2 Å². The fraction of sp³-hybridized carbons (Fsp3) is 0.800. The zero-order valence-electron chi connectivity index (χ0n) is 10.2. The van der Waals surface area contributed by atoms with Crippen LogP contribution in [0.2, 0.25) is 0 Å². The van der Waals surface area contributed by atoms with Crippen molar-refractivity contribution in [2.45, 2.75) is 45.3 Å². The number of aliphatic hydroxyl groups is 1. The molecule has 2 atom stereocenters. The van der Waals surface area contributed by atoms with Crippen molar-refractivity contribution >= 4 is 11.8 Å². The molecule has 0 amide bonds. The molecule has 0 aliphatic rings. The van der Waals surface area contributed by atoms with Crippen LogP contribution in [0.5, 0.6) is 0 Å². The van der Waals surface area contributed by atoms with Gasteiger partial charge in [0.2, 0.25) is 0 Å². The van der Waals surface area contributed by atoms with E-state index in [0.29, 0.717) is 0 Å². The normalized spacial score (nSPS) is 15.3. The van der Waals surface area contributed by atoms with E-state index in [0.717, 1.165) is 0 Å². The molecule has 0 saturated carbocycles. The summed E-state index contributed by atoms with van der Waals surface area (Å²) in [5, 5.41) is 13.2. The number of Topliss-reactive ketones (excluding diaryl/α,β-unsaturated/α-hetero) is 1. The van der Waals surface area contributed by atoms with Gasteiger partial charge in [-0.25, -0.2) is 0 Å². The molecular weight excluding hydrogens is 226 g/mol. The molecule has 0 spiro atoms. The Morgan fingerprint density at radius 3 is 2.65 bits per heavy atom. The number of carbonyl (C=O) groups is 2. The minimum Gasteiger partial charge on any atom is -0.466 e. The van der Waals surface area contributed by atoms with Crippen LogP contribution in [0.15, 0.2) is 5.11 Å². The van der Waals surface area contributed by atoms with Crippen LogP contribution in [0.25, 0.3) is 10.4 Å². The van der Waals surface area contributed by atoms with Crippen molar-refractivity contribution in [2.24, 2.45) is 5.11 Å². The fourth-order valence-electron chi connectivity index (χ4n) is 1.18. The highest BCUT2D eigenvalue weighted by Gasteiger charge is 2.31. The summed E-state index contributed by atoms with van der Waals surface area (Å²) in [6.45, 7) is 4.73. The Morgan fingerprint density at radius 1 is 1.59 bits per heavy atom. The summed E-state index contributed by atoms with van der Waals surface area (Å²) < 4.78 is 4.61. The molecule has 0 fully saturated rings. The molecule has 0 saturated heterocycles. The number of esters is 1. The summed E-state index contributed by atoms with van der Waals surface area (Å²) in [7, 11) is 0. The standard InChI is InChI=1S/C10H17N3O4/c1-4-17-9(15)5-8(14)6-10(3,16)7(2)12-13-11/h7,16H,4-6H2,1-3H3. The fourth-order valence-corrected chi connectivity index (χ4v) is 1.18. The second-order valence-corrected chi connectivity index (χ2v) is 3.94. The summed E-state index contributed by atoms with van der Waals surface area (Å²) in [6, 6.07) is -0.751. The maximum atomic E-state index is 11.5. The smallest absolute Gasteiger partial charge is 0.313 e. The summed E-state index contributed by atoms with van der Waals surface area (Å²) in [4.78, 5) is 25.0. The molecule has 7 heteroatoms. The van der Waals surface area contributed by atoms with E-state index >= 15 is 0 Å². The van der Waals surface area contributed by atoms with Crippen LogP contribution in [-0.4, -0.2) is 35.1 Å². The molecule has 0 aromatic rings. The Bertz CT molecular complexity index is 334. The summed E-state index contributed by atoms with van der Waals surface area (Å²) >= 11 is 0. The molecular formula is C10H17N3O4. The van der Waals surface area contributed by atoms with E-state index in [1.54, 1.807) is 6.92 Å². The van der Waals surface area contributed by atoms with Crippen molar-refractivity contribution in [3.05, 3.63) is 10.4 Å². The molecule has 2 unspecified atom stereocenters. The van der Waals surface area contributed by atoms with Crippen LogP contribution in [0.3, 0.4) is 0 Å². The van der Waals surface area contributed by atoms with E-state index < -0.39 is 23.4 Å². The molecule has 96 valence electrons. The van der Waals surface area contributed by atoms with E-state index in [-0.39, 0.29) is 19.4 Å². The third kappa shape index (κ3) is 5.89. The van der Waals surface area contributed by atoms with Gasteiger partial charge in [-0.15, -0.1) is 0 Å². The van der Waals surface area contributed by atoms with Gasteiger partial charge in [0, 0.05) is 11.3 Å². The first-order chi connectivity index (χ1) is 7.83. The van der Waals surface area contributed by atoms with E-state index in [2.05, 4.69) is 14.8 Å². The number of hydrogen-bond donors (Lipinski definition) is 1. The molecule has 0 bridgehead atoms. The quantitative estimate of drug-likeness (QED) is 0.239. The minimum absolute atomic E-state index is 0.206. The maximum absolute atomic E-state index is 11.5. The lowest BCUT2D eigenvalue weighted by Gasteiger charge is -2.26. The molecule has 0 radical (unpaired) electrons. The van der Waals surface area contributed by atoms with Crippen molar-refractivity contribution in [1.29, 1.82) is 0 Å². The number of ketones is 1. The van der Waals surface area contributed by atoms with E-state index in [4.69, 9.17) is 5.53 Å². The highest BCUT2D eigenvalue weighted by atomic mass is 16.5. The zero-order valence-corrected chi connectivity index (χ0v) is 10.2. The van der Waals surface area contributed by atoms with Crippen LogP contribution < -0.4 is 0 Å². The van der Waals surface area contributed by atoms with Gasteiger partial charge < -0.3 is 9.84 Å². The minimum atomic E-state index is -1.46. The Labute approximate surface area is 99.4 Å². The van der Waals surface area contributed by atoms with Crippen LogP contribution in [0, 0.1) is 0 Å². The highest BCUT2D eigenvalue weighted by molar-refractivity contribution is 5.95. The van der Waals surface area contributed by atoms with E-state index in [1.165, 1.54) is 13.8 Å². The average Bonchev–Trinajstić information content (AvgIpc) is 2.16. The Kier molecular flexibility index (Phi) is 6.23. The zero-order chi connectivity index (χ0) is 13.5. The molecule has 0 aromatic carbocycles. The average molecular weight is 243 g/mol. The van der Waals surface area contributed by atoms with Crippen molar-refractivity contribution in [2.75, 3.05) is 6.61 Å². The lowest BCUT2D eigenvalue weighted by Crippen LogP contribution is -2.38. The topological polar surface area (TPSA) is 112 Å². The van der Waals surface area contributed by atoms with Gasteiger partial charge in [-0.1, -0.05) is 12.0 Å². The van der Waals surface area contributed by atoms with Gasteiger partial charge in [0.25, 0.3) is 0 Å². The summed E-state index contributed by atoms with van der Waals surface area (Å²) in [6.07, 6.45) is -0.640. The second kappa shape index (κ2) is 6.88.